The van der Waals surface area contributed by atoms with Gasteiger partial charge in [0.1, 0.15) is 0 Å². The third-order valence-corrected chi connectivity index (χ3v) is 13.6. The maximum atomic E-state index is 3.62. The zero-order valence-electron chi connectivity index (χ0n) is 27.6. The summed E-state index contributed by atoms with van der Waals surface area (Å²) in [4.78, 5) is 2.63. The Morgan fingerprint density at radius 1 is 0.556 bits per heavy atom. The Kier molecular flexibility index (Phi) is 7.26. The molecule has 0 fully saturated rings. The summed E-state index contributed by atoms with van der Waals surface area (Å²) in [6, 6.07) is 43.3. The predicted molar refractivity (Wildman–Crippen MR) is 204 cm³/mol. The van der Waals surface area contributed by atoms with E-state index in [1.165, 1.54) is 43.7 Å². The van der Waals surface area contributed by atoms with E-state index in [-0.39, 0.29) is 6.04 Å². The number of nitrogens with zero attached hydrogens (tertiary/aromatic N) is 1. The number of para-hydroxylation sites is 2. The molecule has 1 aliphatic rings. The molecule has 0 aromatic heterocycles. The Morgan fingerprint density at radius 2 is 1.13 bits per heavy atom. The van der Waals surface area contributed by atoms with Crippen molar-refractivity contribution in [3.63, 3.8) is 0 Å². The van der Waals surface area contributed by atoms with Crippen molar-refractivity contribution in [2.45, 2.75) is 58.2 Å². The first-order chi connectivity index (χ1) is 21.5. The van der Waals surface area contributed by atoms with Gasteiger partial charge in [0, 0.05) is 28.7 Å². The molecule has 1 N–H and O–H groups in total. The first kappa shape index (κ1) is 29.6. The maximum absolute atomic E-state index is 3.62. The first-order valence-corrected chi connectivity index (χ1v) is 23.3. The summed E-state index contributed by atoms with van der Waals surface area (Å²) in [5, 5.41) is 13.4. The van der Waals surface area contributed by atoms with Gasteiger partial charge in [-0.2, -0.15) is 0 Å². The lowest BCUT2D eigenvalue weighted by Gasteiger charge is -2.39. The lowest BCUT2D eigenvalue weighted by molar-refractivity contribution is 0.669. The predicted octanol–water partition coefficient (Wildman–Crippen LogP) is 9.65. The summed E-state index contributed by atoms with van der Waals surface area (Å²) in [5.41, 5.74) is 6.25. The van der Waals surface area contributed by atoms with Gasteiger partial charge in [-0.05, 0) is 80.9 Å². The Morgan fingerprint density at radius 3 is 1.73 bits per heavy atom. The Bertz CT molecular complexity index is 2020. The van der Waals surface area contributed by atoms with Crippen LogP contribution < -0.4 is 25.8 Å². The third kappa shape index (κ3) is 5.51. The molecule has 0 amide bonds. The lowest BCUT2D eigenvalue weighted by atomic mass is 9.81. The molecule has 0 radical (unpaired) electrons. The highest BCUT2D eigenvalue weighted by Crippen LogP contribution is 2.41. The van der Waals surface area contributed by atoms with Crippen molar-refractivity contribution in [3.05, 3.63) is 126 Å². The second kappa shape index (κ2) is 11.0. The van der Waals surface area contributed by atoms with E-state index < -0.39 is 16.1 Å². The second-order valence-corrected chi connectivity index (χ2v) is 25.0. The van der Waals surface area contributed by atoms with Gasteiger partial charge in [-0.3, -0.25) is 0 Å². The average Bonchev–Trinajstić information content (AvgIpc) is 3.01. The molecule has 0 spiro atoms. The minimum atomic E-state index is -1.55. The van der Waals surface area contributed by atoms with Crippen molar-refractivity contribution in [3.8, 4) is 0 Å². The zero-order valence-corrected chi connectivity index (χ0v) is 29.6. The Balaban J connectivity index is 1.41. The van der Waals surface area contributed by atoms with Crippen molar-refractivity contribution < 1.29 is 0 Å². The van der Waals surface area contributed by atoms with Crippen molar-refractivity contribution in [2.75, 3.05) is 10.2 Å². The highest BCUT2D eigenvalue weighted by atomic mass is 28.3. The molecular weight excluding hydrogens is 577 g/mol. The van der Waals surface area contributed by atoms with Crippen LogP contribution >= 0.6 is 0 Å². The number of hydrogen-bond acceptors (Lipinski definition) is 2. The fourth-order valence-electron chi connectivity index (χ4n) is 7.01. The molecule has 4 heteroatoms. The van der Waals surface area contributed by atoms with Gasteiger partial charge in [0.25, 0.3) is 0 Å². The minimum Gasteiger partial charge on any atom is -0.355 e. The molecule has 2 nitrogen and oxygen atoms in total. The van der Waals surface area contributed by atoms with Crippen LogP contribution in [0.3, 0.4) is 0 Å². The SMILES string of the molecule is CC1c2ccc3cc(Nc4ccccc4)cc4ccc(c2c34)=CC1N(c1ccccc1)c1cc([Si](C)(C)C)cc([Si](C)(C)C)c1. The standard InChI is InChI=1S/C41H44N2Si2/c1-28-38-21-20-30-23-33(42-32-14-10-8-11-15-32)22-29-18-19-31(41(38)40(29)30)24-39(28)43(34-16-12-9-13-17-34)35-25-36(44(2,3)4)27-37(26-35)45(5,6)7/h8-28,39,42H,1-7H3. The highest BCUT2D eigenvalue weighted by Gasteiger charge is 2.32. The summed E-state index contributed by atoms with van der Waals surface area (Å²) >= 11 is 0. The second-order valence-electron chi connectivity index (χ2n) is 14.9. The van der Waals surface area contributed by atoms with Gasteiger partial charge in [0.2, 0.25) is 0 Å². The van der Waals surface area contributed by atoms with E-state index >= 15 is 0 Å². The molecule has 0 saturated carbocycles. The average molecular weight is 621 g/mol. The first-order valence-electron chi connectivity index (χ1n) is 16.3. The smallest absolute Gasteiger partial charge is 0.0776 e. The van der Waals surface area contributed by atoms with Crippen molar-refractivity contribution in [1.82, 2.24) is 0 Å². The summed E-state index contributed by atoms with van der Waals surface area (Å²) < 4.78 is 0. The monoisotopic (exact) mass is 620 g/mol. The van der Waals surface area contributed by atoms with Crippen LogP contribution in [0.15, 0.2) is 115 Å². The van der Waals surface area contributed by atoms with Gasteiger partial charge in [-0.25, -0.2) is 0 Å². The molecule has 0 heterocycles. The molecule has 2 unspecified atom stereocenters. The van der Waals surface area contributed by atoms with Gasteiger partial charge in [-0.15, -0.1) is 0 Å². The number of benzene rings is 6. The van der Waals surface area contributed by atoms with E-state index in [0.29, 0.717) is 5.92 Å². The van der Waals surface area contributed by atoms with Crippen molar-refractivity contribution >= 4 is 76.9 Å². The molecule has 6 aromatic carbocycles. The number of anilines is 4. The van der Waals surface area contributed by atoms with E-state index in [4.69, 9.17) is 0 Å². The fraction of sp³-hybridized carbons (Fsp3) is 0.220. The lowest BCUT2D eigenvalue weighted by Crippen LogP contribution is -2.46. The molecule has 0 bridgehead atoms. The van der Waals surface area contributed by atoms with Crippen LogP contribution in [0.4, 0.5) is 22.7 Å². The van der Waals surface area contributed by atoms with E-state index in [1.807, 2.05) is 0 Å². The number of hydrogen-bond donors (Lipinski definition) is 1. The Hall–Kier alpha value is -4.13. The summed E-state index contributed by atoms with van der Waals surface area (Å²) in [6.07, 6.45) is 2.55. The molecular formula is C41H44N2Si2. The largest absolute Gasteiger partial charge is 0.355 e. The van der Waals surface area contributed by atoms with Gasteiger partial charge in [-0.1, -0.05) is 129 Å². The molecule has 6 aromatic rings. The molecule has 0 saturated heterocycles. The highest BCUT2D eigenvalue weighted by molar-refractivity contribution is 6.91. The van der Waals surface area contributed by atoms with E-state index in [1.54, 1.807) is 10.4 Å². The quantitative estimate of drug-likeness (QED) is 0.179. The van der Waals surface area contributed by atoms with Crippen LogP contribution in [0.25, 0.3) is 27.6 Å². The van der Waals surface area contributed by atoms with Crippen LogP contribution in [0.5, 0.6) is 0 Å². The molecule has 226 valence electrons. The topological polar surface area (TPSA) is 15.3 Å². The van der Waals surface area contributed by atoms with Crippen LogP contribution in [-0.2, 0) is 0 Å². The molecule has 2 atom stereocenters. The van der Waals surface area contributed by atoms with Crippen LogP contribution in [0, 0.1) is 0 Å². The minimum absolute atomic E-state index is 0.184. The number of nitrogens with one attached hydrogen (secondary N) is 1. The zero-order chi connectivity index (χ0) is 31.5. The summed E-state index contributed by atoms with van der Waals surface area (Å²) in [5.74, 6) is 0.306. The summed E-state index contributed by atoms with van der Waals surface area (Å²) in [6.45, 7) is 17.3. The summed E-state index contributed by atoms with van der Waals surface area (Å²) in [7, 11) is -3.11. The molecule has 1 aliphatic carbocycles. The fourth-order valence-corrected chi connectivity index (χ4v) is 9.49. The van der Waals surface area contributed by atoms with Crippen LogP contribution in [-0.4, -0.2) is 22.2 Å². The van der Waals surface area contributed by atoms with Gasteiger partial charge < -0.3 is 10.2 Å². The normalized spacial score (nSPS) is 16.5. The van der Waals surface area contributed by atoms with E-state index in [2.05, 4.69) is 178 Å². The third-order valence-electron chi connectivity index (χ3n) is 9.59. The molecule has 45 heavy (non-hydrogen) atoms. The number of rotatable bonds is 7. The molecule has 7 rings (SSSR count). The molecule has 0 aliphatic heterocycles. The maximum Gasteiger partial charge on any atom is 0.0776 e. The Labute approximate surface area is 270 Å². The van der Waals surface area contributed by atoms with Gasteiger partial charge in [0.05, 0.1) is 22.2 Å². The van der Waals surface area contributed by atoms with E-state index in [0.717, 1.165) is 11.4 Å². The van der Waals surface area contributed by atoms with Crippen LogP contribution in [0.2, 0.25) is 39.3 Å². The van der Waals surface area contributed by atoms with Crippen molar-refractivity contribution in [2.24, 2.45) is 0 Å². The van der Waals surface area contributed by atoms with Gasteiger partial charge >= 0.3 is 0 Å². The van der Waals surface area contributed by atoms with Crippen molar-refractivity contribution in [1.29, 1.82) is 0 Å². The van der Waals surface area contributed by atoms with Crippen LogP contribution in [0.1, 0.15) is 18.4 Å². The van der Waals surface area contributed by atoms with Gasteiger partial charge in [0.15, 0.2) is 0 Å². The van der Waals surface area contributed by atoms with E-state index in [9.17, 15) is 0 Å².